The van der Waals surface area contributed by atoms with Crippen molar-refractivity contribution in [1.82, 2.24) is 20.5 Å². The van der Waals surface area contributed by atoms with Crippen molar-refractivity contribution in [3.8, 4) is 0 Å². The number of pyridine rings is 1. The summed E-state index contributed by atoms with van der Waals surface area (Å²) in [5, 5.41) is 15.1. The molecule has 0 radical (unpaired) electrons. The van der Waals surface area contributed by atoms with Gasteiger partial charge in [-0.05, 0) is 61.9 Å². The lowest BCUT2D eigenvalue weighted by atomic mass is 9.96. The van der Waals surface area contributed by atoms with Gasteiger partial charge < -0.3 is 26.3 Å². The van der Waals surface area contributed by atoms with Crippen LogP contribution in [0.2, 0.25) is 5.02 Å². The van der Waals surface area contributed by atoms with Gasteiger partial charge in [-0.15, -0.1) is 0 Å². The third kappa shape index (κ3) is 7.70. The SMILES string of the molecule is Cc1nc(N)ccc1CNC(=O)[C@H](C)NC(=O)[C@H]1C[C@H](Cc2ccc(F)c(Cl)c2)CN1CC(C=O)CO. The number of nitrogen functional groups attached to an aromatic ring is 1. The summed E-state index contributed by atoms with van der Waals surface area (Å²) in [4.78, 5) is 43.2. The van der Waals surface area contributed by atoms with E-state index in [1.54, 1.807) is 38.1 Å². The van der Waals surface area contributed by atoms with Gasteiger partial charge in [-0.25, -0.2) is 9.37 Å². The second-order valence-electron chi connectivity index (χ2n) is 9.53. The number of halogens is 2. The number of likely N-dealkylation sites (tertiary alicyclic amines) is 1. The number of nitrogens with two attached hydrogens (primary N) is 1. The molecule has 200 valence electrons. The Kier molecular flexibility index (Phi) is 9.96. The van der Waals surface area contributed by atoms with Gasteiger partial charge in [0.2, 0.25) is 11.8 Å². The largest absolute Gasteiger partial charge is 0.396 e. The Morgan fingerprint density at radius 2 is 2.11 bits per heavy atom. The number of amides is 2. The van der Waals surface area contributed by atoms with Gasteiger partial charge in [0.1, 0.15) is 24.0 Å². The van der Waals surface area contributed by atoms with E-state index in [4.69, 9.17) is 17.3 Å². The van der Waals surface area contributed by atoms with Crippen LogP contribution in [0.25, 0.3) is 0 Å². The molecule has 1 aliphatic rings. The van der Waals surface area contributed by atoms with Gasteiger partial charge in [-0.1, -0.05) is 23.7 Å². The smallest absolute Gasteiger partial charge is 0.242 e. The van der Waals surface area contributed by atoms with Crippen molar-refractivity contribution in [2.24, 2.45) is 11.8 Å². The molecule has 1 unspecified atom stereocenters. The summed E-state index contributed by atoms with van der Waals surface area (Å²) in [5.74, 6) is -1.39. The number of anilines is 1. The minimum atomic E-state index is -0.800. The van der Waals surface area contributed by atoms with Gasteiger partial charge in [0.05, 0.1) is 23.6 Å². The highest BCUT2D eigenvalue weighted by atomic mass is 35.5. The molecule has 0 aliphatic carbocycles. The van der Waals surface area contributed by atoms with Crippen LogP contribution < -0.4 is 16.4 Å². The number of aliphatic hydroxyl groups excluding tert-OH is 1. The van der Waals surface area contributed by atoms with Crippen LogP contribution in [-0.4, -0.2) is 64.9 Å². The number of aryl methyl sites for hydroxylation is 1. The number of aldehydes is 1. The van der Waals surface area contributed by atoms with E-state index < -0.39 is 23.8 Å². The molecule has 1 aliphatic heterocycles. The lowest BCUT2D eigenvalue weighted by molar-refractivity contribution is -0.131. The zero-order valence-electron chi connectivity index (χ0n) is 20.9. The van der Waals surface area contributed by atoms with Crippen molar-refractivity contribution < 1.29 is 23.9 Å². The Morgan fingerprint density at radius 1 is 1.35 bits per heavy atom. The fraction of sp³-hybridized carbons (Fsp3) is 0.462. The van der Waals surface area contributed by atoms with Crippen LogP contribution in [0.1, 0.15) is 30.2 Å². The number of benzene rings is 1. The third-order valence-electron chi connectivity index (χ3n) is 6.62. The molecule has 1 aromatic heterocycles. The predicted molar refractivity (Wildman–Crippen MR) is 138 cm³/mol. The average Bonchev–Trinajstić information content (AvgIpc) is 3.26. The summed E-state index contributed by atoms with van der Waals surface area (Å²) in [6, 6.07) is 6.60. The van der Waals surface area contributed by atoms with Gasteiger partial charge in [0.25, 0.3) is 0 Å². The molecule has 37 heavy (non-hydrogen) atoms. The molecule has 0 spiro atoms. The molecule has 2 amide bonds. The molecule has 9 nitrogen and oxygen atoms in total. The van der Waals surface area contributed by atoms with E-state index in [0.717, 1.165) is 11.1 Å². The van der Waals surface area contributed by atoms with E-state index in [0.29, 0.717) is 37.2 Å². The Balaban J connectivity index is 1.63. The minimum Gasteiger partial charge on any atom is -0.396 e. The van der Waals surface area contributed by atoms with Gasteiger partial charge in [0, 0.05) is 25.3 Å². The van der Waals surface area contributed by atoms with E-state index in [2.05, 4.69) is 15.6 Å². The van der Waals surface area contributed by atoms with E-state index in [9.17, 15) is 23.9 Å². The number of rotatable bonds is 11. The summed E-state index contributed by atoms with van der Waals surface area (Å²) >= 11 is 5.92. The molecule has 11 heteroatoms. The Morgan fingerprint density at radius 3 is 2.76 bits per heavy atom. The lowest BCUT2D eigenvalue weighted by Gasteiger charge is -2.26. The highest BCUT2D eigenvalue weighted by molar-refractivity contribution is 6.30. The quantitative estimate of drug-likeness (QED) is 0.322. The van der Waals surface area contributed by atoms with Gasteiger partial charge in [-0.2, -0.15) is 0 Å². The zero-order chi connectivity index (χ0) is 27.1. The number of nitrogens with zero attached hydrogens (tertiary/aromatic N) is 2. The molecular formula is C26H33ClFN5O4. The van der Waals surface area contributed by atoms with E-state index in [1.807, 2.05) is 4.90 Å². The fourth-order valence-corrected chi connectivity index (χ4v) is 4.78. The first-order valence-electron chi connectivity index (χ1n) is 12.2. The van der Waals surface area contributed by atoms with Gasteiger partial charge in [0.15, 0.2) is 0 Å². The molecule has 1 aromatic carbocycles. The van der Waals surface area contributed by atoms with Crippen LogP contribution in [0, 0.1) is 24.6 Å². The van der Waals surface area contributed by atoms with E-state index >= 15 is 0 Å². The van der Waals surface area contributed by atoms with Gasteiger partial charge in [-0.3, -0.25) is 14.5 Å². The Hall–Kier alpha value is -3.08. The van der Waals surface area contributed by atoms with Crippen LogP contribution in [0.3, 0.4) is 0 Å². The van der Waals surface area contributed by atoms with Crippen molar-refractivity contribution in [2.45, 2.75) is 45.3 Å². The Bertz CT molecular complexity index is 1130. The van der Waals surface area contributed by atoms with Crippen LogP contribution in [0.15, 0.2) is 30.3 Å². The second-order valence-corrected chi connectivity index (χ2v) is 9.94. The van der Waals surface area contributed by atoms with E-state index in [-0.39, 0.29) is 42.5 Å². The number of hydrogen-bond donors (Lipinski definition) is 4. The van der Waals surface area contributed by atoms with Crippen molar-refractivity contribution in [3.63, 3.8) is 0 Å². The molecule has 2 aromatic rings. The van der Waals surface area contributed by atoms with Crippen LogP contribution >= 0.6 is 11.6 Å². The lowest BCUT2D eigenvalue weighted by Crippen LogP contribution is -2.51. The number of carbonyl (C=O) groups excluding carboxylic acids is 3. The number of hydrogen-bond acceptors (Lipinski definition) is 7. The van der Waals surface area contributed by atoms with E-state index in [1.165, 1.54) is 6.07 Å². The molecular weight excluding hydrogens is 501 g/mol. The summed E-state index contributed by atoms with van der Waals surface area (Å²) in [5.41, 5.74) is 8.03. The molecule has 1 fully saturated rings. The molecule has 2 heterocycles. The van der Waals surface area contributed by atoms with Crippen LogP contribution in [0.5, 0.6) is 0 Å². The topological polar surface area (TPSA) is 138 Å². The summed E-state index contributed by atoms with van der Waals surface area (Å²) < 4.78 is 13.5. The van der Waals surface area contributed by atoms with Crippen molar-refractivity contribution in [2.75, 3.05) is 25.4 Å². The maximum Gasteiger partial charge on any atom is 0.242 e. The molecule has 1 saturated heterocycles. The van der Waals surface area contributed by atoms with Crippen LogP contribution in [-0.2, 0) is 27.3 Å². The number of nitrogens with one attached hydrogen (secondary N) is 2. The predicted octanol–water partition coefficient (Wildman–Crippen LogP) is 1.63. The first-order chi connectivity index (χ1) is 17.6. The molecule has 0 saturated carbocycles. The highest BCUT2D eigenvalue weighted by Gasteiger charge is 2.38. The summed E-state index contributed by atoms with van der Waals surface area (Å²) in [6.07, 6.45) is 1.71. The van der Waals surface area contributed by atoms with Gasteiger partial charge >= 0.3 is 0 Å². The zero-order valence-corrected chi connectivity index (χ0v) is 21.7. The van der Waals surface area contributed by atoms with Crippen molar-refractivity contribution in [1.29, 1.82) is 0 Å². The monoisotopic (exact) mass is 533 g/mol. The second kappa shape index (κ2) is 12.9. The third-order valence-corrected chi connectivity index (χ3v) is 6.91. The minimum absolute atomic E-state index is 0.0349. The van der Waals surface area contributed by atoms with Crippen LogP contribution in [0.4, 0.5) is 10.2 Å². The van der Waals surface area contributed by atoms with Crippen molar-refractivity contribution >= 4 is 35.5 Å². The normalized spacial score (nSPS) is 19.3. The number of aromatic nitrogens is 1. The van der Waals surface area contributed by atoms with Crippen molar-refractivity contribution in [3.05, 3.63) is 58.0 Å². The Labute approximate surface area is 220 Å². The standard InChI is InChI=1S/C26H33ClFN5O4/c1-15-20(4-6-24(29)31-15)10-30-25(36)16(2)32-26(37)23-9-18(11-33(23)12-19(13-34)14-35)7-17-3-5-22(28)21(27)8-17/h3-6,8,13,16,18-19,23,35H,7,9-12,14H2,1-2H3,(H2,29,31)(H,30,36)(H,32,37)/t16-,18-,19?,23+/m0/s1. The molecule has 0 bridgehead atoms. The summed E-state index contributed by atoms with van der Waals surface area (Å²) in [7, 11) is 0. The fourth-order valence-electron chi connectivity index (χ4n) is 4.57. The molecule has 4 atom stereocenters. The number of carbonyl (C=O) groups is 3. The summed E-state index contributed by atoms with van der Waals surface area (Å²) in [6.45, 7) is 4.02. The first-order valence-corrected chi connectivity index (χ1v) is 12.5. The number of aliphatic hydroxyl groups is 1. The highest BCUT2D eigenvalue weighted by Crippen LogP contribution is 2.28. The molecule has 5 N–H and O–H groups in total. The maximum absolute atomic E-state index is 13.5. The average molecular weight is 534 g/mol. The maximum atomic E-state index is 13.5. The first kappa shape index (κ1) is 28.5. The molecule has 3 rings (SSSR count).